The molecule has 0 aliphatic rings. The molecular formula is C14H27F3N2O2. The number of carbonyl (C=O) groups excluding carboxylic acids is 1. The van der Waals surface area contributed by atoms with Gasteiger partial charge >= 0.3 is 12.1 Å². The zero-order valence-electron chi connectivity index (χ0n) is 13.7. The number of carbonyl (C=O) groups is 1. The molecule has 0 fully saturated rings. The van der Waals surface area contributed by atoms with Gasteiger partial charge in [-0.05, 0) is 41.2 Å². The number of halogens is 3. The molecule has 0 rings (SSSR count). The number of rotatable bonds is 8. The van der Waals surface area contributed by atoms with Crippen LogP contribution in [-0.2, 0) is 9.53 Å². The van der Waals surface area contributed by atoms with Crippen LogP contribution in [0.15, 0.2) is 0 Å². The fourth-order valence-electron chi connectivity index (χ4n) is 2.33. The van der Waals surface area contributed by atoms with Gasteiger partial charge in [-0.15, -0.1) is 0 Å². The minimum Gasteiger partial charge on any atom is -0.468 e. The molecule has 7 heteroatoms. The van der Waals surface area contributed by atoms with Crippen molar-refractivity contribution in [1.82, 2.24) is 10.2 Å². The van der Waals surface area contributed by atoms with Crippen molar-refractivity contribution < 1.29 is 22.7 Å². The SMILES string of the molecule is COC(=O)C(C)(CC(C)N(C)CCC(F)(F)F)NC(C)C. The molecule has 0 bridgehead atoms. The van der Waals surface area contributed by atoms with Crippen LogP contribution in [-0.4, -0.2) is 55.4 Å². The van der Waals surface area contributed by atoms with Crippen LogP contribution >= 0.6 is 0 Å². The van der Waals surface area contributed by atoms with Crippen LogP contribution in [0, 0.1) is 0 Å². The van der Waals surface area contributed by atoms with Crippen molar-refractivity contribution in [1.29, 1.82) is 0 Å². The summed E-state index contributed by atoms with van der Waals surface area (Å²) in [6.45, 7) is 7.23. The van der Waals surface area contributed by atoms with Gasteiger partial charge in [0.25, 0.3) is 0 Å². The van der Waals surface area contributed by atoms with Gasteiger partial charge in [0.1, 0.15) is 5.54 Å². The summed E-state index contributed by atoms with van der Waals surface area (Å²) in [7, 11) is 2.93. The number of alkyl halides is 3. The number of esters is 1. The van der Waals surface area contributed by atoms with Gasteiger partial charge in [-0.3, -0.25) is 10.1 Å². The summed E-state index contributed by atoms with van der Waals surface area (Å²) in [6, 6.07) is -0.135. The monoisotopic (exact) mass is 312 g/mol. The summed E-state index contributed by atoms with van der Waals surface area (Å²) in [5.41, 5.74) is -0.922. The van der Waals surface area contributed by atoms with Gasteiger partial charge in [-0.1, -0.05) is 0 Å². The Morgan fingerprint density at radius 3 is 2.19 bits per heavy atom. The lowest BCUT2D eigenvalue weighted by Gasteiger charge is -2.35. The van der Waals surface area contributed by atoms with E-state index in [4.69, 9.17) is 4.74 Å². The van der Waals surface area contributed by atoms with E-state index in [2.05, 4.69) is 5.32 Å². The Labute approximate surface area is 125 Å². The van der Waals surface area contributed by atoms with E-state index in [0.717, 1.165) is 0 Å². The third-order valence-corrected chi connectivity index (χ3v) is 3.45. The minimum absolute atomic E-state index is 0.0572. The number of nitrogens with zero attached hydrogens (tertiary/aromatic N) is 1. The molecule has 0 aromatic rings. The van der Waals surface area contributed by atoms with Crippen LogP contribution < -0.4 is 5.32 Å². The second-order valence-corrected chi connectivity index (χ2v) is 6.02. The molecule has 0 saturated heterocycles. The minimum atomic E-state index is -4.17. The maximum atomic E-state index is 12.3. The molecule has 0 saturated carbocycles. The second kappa shape index (κ2) is 7.98. The number of nitrogens with one attached hydrogen (secondary N) is 1. The molecule has 0 spiro atoms. The average molecular weight is 312 g/mol. The lowest BCUT2D eigenvalue weighted by molar-refractivity contribution is -0.150. The van der Waals surface area contributed by atoms with Crippen LogP contribution in [0.25, 0.3) is 0 Å². The molecule has 0 aliphatic heterocycles. The average Bonchev–Trinajstić information content (AvgIpc) is 2.32. The normalized spacial score (nSPS) is 16.9. The van der Waals surface area contributed by atoms with Crippen LogP contribution in [0.1, 0.15) is 40.5 Å². The van der Waals surface area contributed by atoms with Gasteiger partial charge in [-0.25, -0.2) is 0 Å². The van der Waals surface area contributed by atoms with Crippen LogP contribution in [0.3, 0.4) is 0 Å². The molecule has 0 aromatic carbocycles. The van der Waals surface area contributed by atoms with Gasteiger partial charge in [0, 0.05) is 18.6 Å². The standard InChI is InChI=1S/C14H27F3N2O2/c1-10(2)18-13(4,12(20)21-6)9-11(3)19(5)8-7-14(15,16)17/h10-11,18H,7-9H2,1-6H3. The largest absolute Gasteiger partial charge is 0.468 e. The summed E-state index contributed by atoms with van der Waals surface area (Å²) < 4.78 is 41.6. The summed E-state index contributed by atoms with van der Waals surface area (Å²) in [5, 5.41) is 3.14. The fourth-order valence-corrected chi connectivity index (χ4v) is 2.33. The molecule has 2 unspecified atom stereocenters. The Kier molecular flexibility index (Phi) is 7.67. The zero-order chi connectivity index (χ0) is 16.8. The molecular weight excluding hydrogens is 285 g/mol. The van der Waals surface area contributed by atoms with Crippen molar-refractivity contribution in [2.75, 3.05) is 20.7 Å². The number of hydrogen-bond donors (Lipinski definition) is 1. The van der Waals surface area contributed by atoms with E-state index in [0.29, 0.717) is 6.42 Å². The molecule has 0 aliphatic carbocycles. The van der Waals surface area contributed by atoms with Crippen molar-refractivity contribution in [2.45, 2.75) is 64.3 Å². The summed E-state index contributed by atoms with van der Waals surface area (Å²) in [6.07, 6.45) is -4.66. The highest BCUT2D eigenvalue weighted by Crippen LogP contribution is 2.22. The first-order valence-corrected chi connectivity index (χ1v) is 7.04. The summed E-state index contributed by atoms with van der Waals surface area (Å²) in [5.74, 6) is -0.410. The first-order chi connectivity index (χ1) is 9.41. The Morgan fingerprint density at radius 1 is 1.29 bits per heavy atom. The predicted octanol–water partition coefficient (Wildman–Crippen LogP) is 2.58. The Morgan fingerprint density at radius 2 is 1.81 bits per heavy atom. The number of hydrogen-bond acceptors (Lipinski definition) is 4. The first-order valence-electron chi connectivity index (χ1n) is 7.04. The van der Waals surface area contributed by atoms with E-state index in [1.165, 1.54) is 7.11 Å². The van der Waals surface area contributed by atoms with Crippen molar-refractivity contribution in [2.24, 2.45) is 0 Å². The quantitative estimate of drug-likeness (QED) is 0.700. The van der Waals surface area contributed by atoms with Gasteiger partial charge in [0.15, 0.2) is 0 Å². The van der Waals surface area contributed by atoms with Gasteiger partial charge in [0.05, 0.1) is 13.5 Å². The fraction of sp³-hybridized carbons (Fsp3) is 0.929. The molecule has 21 heavy (non-hydrogen) atoms. The van der Waals surface area contributed by atoms with E-state index >= 15 is 0 Å². The van der Waals surface area contributed by atoms with Gasteiger partial charge in [0.2, 0.25) is 0 Å². The zero-order valence-corrected chi connectivity index (χ0v) is 13.7. The molecule has 0 aromatic heterocycles. The van der Waals surface area contributed by atoms with Crippen molar-refractivity contribution in [3.8, 4) is 0 Å². The maximum Gasteiger partial charge on any atom is 0.390 e. The van der Waals surface area contributed by atoms with E-state index in [-0.39, 0.29) is 18.6 Å². The van der Waals surface area contributed by atoms with E-state index in [9.17, 15) is 18.0 Å². The van der Waals surface area contributed by atoms with Crippen molar-refractivity contribution in [3.05, 3.63) is 0 Å². The lowest BCUT2D eigenvalue weighted by Crippen LogP contribution is -2.56. The van der Waals surface area contributed by atoms with Crippen molar-refractivity contribution >= 4 is 5.97 Å². The first kappa shape index (κ1) is 20.2. The van der Waals surface area contributed by atoms with Crippen molar-refractivity contribution in [3.63, 3.8) is 0 Å². The number of methoxy groups -OCH3 is 1. The van der Waals surface area contributed by atoms with E-state index in [1.54, 1.807) is 25.8 Å². The highest BCUT2D eigenvalue weighted by molar-refractivity contribution is 5.80. The molecule has 126 valence electrons. The summed E-state index contributed by atoms with van der Waals surface area (Å²) >= 11 is 0. The molecule has 0 heterocycles. The molecule has 4 nitrogen and oxygen atoms in total. The molecule has 0 amide bonds. The smallest absolute Gasteiger partial charge is 0.390 e. The Balaban J connectivity index is 4.73. The van der Waals surface area contributed by atoms with Gasteiger partial charge in [-0.2, -0.15) is 13.2 Å². The van der Waals surface area contributed by atoms with E-state index < -0.39 is 24.1 Å². The van der Waals surface area contributed by atoms with Gasteiger partial charge < -0.3 is 9.64 Å². The van der Waals surface area contributed by atoms with Crippen LogP contribution in [0.5, 0.6) is 0 Å². The highest BCUT2D eigenvalue weighted by Gasteiger charge is 2.37. The Hall–Kier alpha value is -0.820. The highest BCUT2D eigenvalue weighted by atomic mass is 19.4. The van der Waals surface area contributed by atoms with Crippen LogP contribution in [0.2, 0.25) is 0 Å². The van der Waals surface area contributed by atoms with Crippen LogP contribution in [0.4, 0.5) is 13.2 Å². The lowest BCUT2D eigenvalue weighted by atomic mass is 9.92. The molecule has 1 N–H and O–H groups in total. The molecule has 2 atom stereocenters. The number of ether oxygens (including phenoxy) is 1. The third kappa shape index (κ3) is 7.66. The maximum absolute atomic E-state index is 12.3. The predicted molar refractivity (Wildman–Crippen MR) is 76.1 cm³/mol. The second-order valence-electron chi connectivity index (χ2n) is 6.02. The third-order valence-electron chi connectivity index (χ3n) is 3.45. The van der Waals surface area contributed by atoms with E-state index in [1.807, 2.05) is 13.8 Å². The topological polar surface area (TPSA) is 41.6 Å². The Bertz CT molecular complexity index is 335. The summed E-state index contributed by atoms with van der Waals surface area (Å²) in [4.78, 5) is 13.6. The molecule has 0 radical (unpaired) electrons.